The number of nitrogens with zero attached hydrogens (tertiary/aromatic N) is 4. The monoisotopic (exact) mass is 264 g/mol. The zero-order valence-corrected chi connectivity index (χ0v) is 9.83. The fourth-order valence-electron chi connectivity index (χ4n) is 1.91. The van der Waals surface area contributed by atoms with Crippen LogP contribution in [0.4, 0.5) is 8.78 Å². The number of rotatable bonds is 3. The highest BCUT2D eigenvalue weighted by Gasteiger charge is 2.23. The first-order valence-corrected chi connectivity index (χ1v) is 5.74. The van der Waals surface area contributed by atoms with Crippen molar-refractivity contribution in [1.29, 1.82) is 0 Å². The van der Waals surface area contributed by atoms with Crippen molar-refractivity contribution < 1.29 is 13.6 Å². The Hall–Kier alpha value is -2.31. The van der Waals surface area contributed by atoms with E-state index in [-0.39, 0.29) is 6.10 Å². The Morgan fingerprint density at radius 2 is 2.21 bits per heavy atom. The van der Waals surface area contributed by atoms with Gasteiger partial charge >= 0.3 is 0 Å². The quantitative estimate of drug-likeness (QED) is 0.848. The molecule has 0 unspecified atom stereocenters. The molecule has 1 aliphatic heterocycles. The minimum absolute atomic E-state index is 0.176. The van der Waals surface area contributed by atoms with Gasteiger partial charge < -0.3 is 4.84 Å². The van der Waals surface area contributed by atoms with Crippen LogP contribution < -0.4 is 0 Å². The van der Waals surface area contributed by atoms with Gasteiger partial charge in [0.15, 0.2) is 17.7 Å². The van der Waals surface area contributed by atoms with E-state index in [1.165, 1.54) is 6.07 Å². The lowest BCUT2D eigenvalue weighted by molar-refractivity contribution is 0.0693. The lowest BCUT2D eigenvalue weighted by Gasteiger charge is -2.06. The Labute approximate surface area is 107 Å². The third kappa shape index (κ3) is 2.44. The van der Waals surface area contributed by atoms with Crippen molar-refractivity contribution in [3.05, 3.63) is 47.8 Å². The van der Waals surface area contributed by atoms with Gasteiger partial charge in [-0.3, -0.25) is 0 Å². The van der Waals surface area contributed by atoms with Crippen molar-refractivity contribution in [1.82, 2.24) is 15.0 Å². The zero-order valence-electron chi connectivity index (χ0n) is 9.83. The van der Waals surface area contributed by atoms with E-state index in [4.69, 9.17) is 4.84 Å². The Balaban J connectivity index is 1.69. The molecule has 0 amide bonds. The van der Waals surface area contributed by atoms with E-state index >= 15 is 0 Å². The molecular weight excluding hydrogens is 254 g/mol. The molecule has 0 aliphatic carbocycles. The summed E-state index contributed by atoms with van der Waals surface area (Å²) < 4.78 is 27.6. The fraction of sp³-hybridized carbons (Fsp3) is 0.250. The first-order valence-electron chi connectivity index (χ1n) is 5.74. The van der Waals surface area contributed by atoms with Gasteiger partial charge in [0.05, 0.1) is 18.5 Å². The Morgan fingerprint density at radius 1 is 1.32 bits per heavy atom. The third-order valence-corrected chi connectivity index (χ3v) is 2.85. The Kier molecular flexibility index (Phi) is 2.94. The second-order valence-corrected chi connectivity index (χ2v) is 4.22. The van der Waals surface area contributed by atoms with E-state index < -0.39 is 11.6 Å². The van der Waals surface area contributed by atoms with Crippen molar-refractivity contribution in [2.75, 3.05) is 0 Å². The predicted molar refractivity (Wildman–Crippen MR) is 62.4 cm³/mol. The molecule has 0 N–H and O–H groups in total. The minimum atomic E-state index is -0.889. The molecule has 19 heavy (non-hydrogen) atoms. The van der Waals surface area contributed by atoms with E-state index in [0.717, 1.165) is 12.1 Å². The maximum Gasteiger partial charge on any atom is 0.159 e. The molecule has 2 heterocycles. The molecule has 3 rings (SSSR count). The van der Waals surface area contributed by atoms with Gasteiger partial charge in [-0.1, -0.05) is 10.4 Å². The number of benzene rings is 1. The van der Waals surface area contributed by atoms with E-state index in [9.17, 15) is 8.78 Å². The number of aromatic nitrogens is 3. The molecule has 0 bridgehead atoms. The lowest BCUT2D eigenvalue weighted by atomic mass is 10.0. The summed E-state index contributed by atoms with van der Waals surface area (Å²) in [6, 6.07) is 3.69. The molecule has 1 aromatic carbocycles. The van der Waals surface area contributed by atoms with Crippen LogP contribution in [0.1, 0.15) is 12.0 Å². The average Bonchev–Trinajstić information content (AvgIpc) is 3.05. The van der Waals surface area contributed by atoms with E-state index in [1.54, 1.807) is 17.1 Å². The summed E-state index contributed by atoms with van der Waals surface area (Å²) in [4.78, 5) is 5.25. The molecule has 1 aromatic heterocycles. The largest absolute Gasteiger partial charge is 0.390 e. The van der Waals surface area contributed by atoms with Crippen LogP contribution in [0.25, 0.3) is 0 Å². The first kappa shape index (κ1) is 11.8. The van der Waals surface area contributed by atoms with Gasteiger partial charge in [-0.15, -0.1) is 5.10 Å². The highest BCUT2D eigenvalue weighted by atomic mass is 19.2. The van der Waals surface area contributed by atoms with E-state index in [2.05, 4.69) is 15.5 Å². The summed E-state index contributed by atoms with van der Waals surface area (Å²) in [6.45, 7) is 0.511. The van der Waals surface area contributed by atoms with Crippen LogP contribution in [0.3, 0.4) is 0 Å². The predicted octanol–water partition coefficient (Wildman–Crippen LogP) is 1.75. The SMILES string of the molecule is Fc1ccc(C2=NO[C@H](Cn3ccnn3)C2)cc1F. The lowest BCUT2D eigenvalue weighted by Crippen LogP contribution is -2.17. The van der Waals surface area contributed by atoms with Crippen LogP contribution in [0.2, 0.25) is 0 Å². The Morgan fingerprint density at radius 3 is 2.95 bits per heavy atom. The number of hydrogen-bond acceptors (Lipinski definition) is 4. The van der Waals surface area contributed by atoms with Crippen molar-refractivity contribution >= 4 is 5.71 Å². The number of halogens is 2. The van der Waals surface area contributed by atoms with Crippen molar-refractivity contribution in [2.45, 2.75) is 19.1 Å². The molecule has 0 saturated carbocycles. The molecular formula is C12H10F2N4O. The van der Waals surface area contributed by atoms with Gasteiger partial charge in [-0.05, 0) is 18.2 Å². The molecule has 0 radical (unpaired) electrons. The van der Waals surface area contributed by atoms with Crippen LogP contribution in [-0.4, -0.2) is 26.8 Å². The molecule has 1 atom stereocenters. The minimum Gasteiger partial charge on any atom is -0.390 e. The highest BCUT2D eigenvalue weighted by Crippen LogP contribution is 2.19. The standard InChI is InChI=1S/C12H10F2N4O/c13-10-2-1-8(5-11(10)14)12-6-9(19-16-12)7-18-4-3-15-17-18/h1-5,9H,6-7H2/t9-/m0/s1. The Bertz CT molecular complexity index is 612. The summed E-state index contributed by atoms with van der Waals surface area (Å²) in [5, 5.41) is 11.4. The van der Waals surface area contributed by atoms with Crippen molar-refractivity contribution in [3.8, 4) is 0 Å². The second-order valence-electron chi connectivity index (χ2n) is 4.22. The van der Waals surface area contributed by atoms with Crippen molar-refractivity contribution in [2.24, 2.45) is 5.16 Å². The van der Waals surface area contributed by atoms with E-state index in [0.29, 0.717) is 24.2 Å². The van der Waals surface area contributed by atoms with Gasteiger partial charge in [-0.25, -0.2) is 13.5 Å². The molecule has 5 nitrogen and oxygen atoms in total. The van der Waals surface area contributed by atoms with Crippen LogP contribution in [0, 0.1) is 11.6 Å². The molecule has 2 aromatic rings. The van der Waals surface area contributed by atoms with Gasteiger partial charge in [0.1, 0.15) is 0 Å². The van der Waals surface area contributed by atoms with Gasteiger partial charge in [0.2, 0.25) is 0 Å². The summed E-state index contributed by atoms with van der Waals surface area (Å²) in [5.41, 5.74) is 1.13. The summed E-state index contributed by atoms with van der Waals surface area (Å²) >= 11 is 0. The first-order chi connectivity index (χ1) is 9.22. The molecule has 0 fully saturated rings. The fourth-order valence-corrected chi connectivity index (χ4v) is 1.91. The molecule has 0 spiro atoms. The third-order valence-electron chi connectivity index (χ3n) is 2.85. The van der Waals surface area contributed by atoms with Gasteiger partial charge in [0.25, 0.3) is 0 Å². The van der Waals surface area contributed by atoms with Crippen LogP contribution in [0.15, 0.2) is 35.7 Å². The normalized spacial score (nSPS) is 18.2. The molecule has 7 heteroatoms. The number of hydrogen-bond donors (Lipinski definition) is 0. The number of oxime groups is 1. The summed E-state index contributed by atoms with van der Waals surface area (Å²) in [6.07, 6.45) is 3.64. The topological polar surface area (TPSA) is 52.3 Å². The summed E-state index contributed by atoms with van der Waals surface area (Å²) in [7, 11) is 0. The second kappa shape index (κ2) is 4.75. The van der Waals surface area contributed by atoms with Gasteiger partial charge in [-0.2, -0.15) is 0 Å². The molecule has 1 aliphatic rings. The molecule has 0 saturated heterocycles. The zero-order chi connectivity index (χ0) is 13.2. The van der Waals surface area contributed by atoms with Gasteiger partial charge in [0, 0.05) is 18.2 Å². The smallest absolute Gasteiger partial charge is 0.159 e. The maximum atomic E-state index is 13.1. The van der Waals surface area contributed by atoms with Crippen LogP contribution in [0.5, 0.6) is 0 Å². The average molecular weight is 264 g/mol. The molecule has 98 valence electrons. The van der Waals surface area contributed by atoms with Crippen LogP contribution in [-0.2, 0) is 11.4 Å². The highest BCUT2D eigenvalue weighted by molar-refractivity contribution is 6.01. The maximum absolute atomic E-state index is 13.1. The van der Waals surface area contributed by atoms with Crippen molar-refractivity contribution in [3.63, 3.8) is 0 Å². The van der Waals surface area contributed by atoms with Crippen LogP contribution >= 0.6 is 0 Å². The summed E-state index contributed by atoms with van der Waals surface area (Å²) in [5.74, 6) is -1.76. The van der Waals surface area contributed by atoms with E-state index in [1.807, 2.05) is 0 Å².